The van der Waals surface area contributed by atoms with Gasteiger partial charge in [0.2, 0.25) is 10.0 Å². The smallest absolute Gasteiger partial charge is 0.365 e. The molecule has 1 aliphatic rings. The van der Waals surface area contributed by atoms with E-state index in [1.807, 2.05) is 36.4 Å². The summed E-state index contributed by atoms with van der Waals surface area (Å²) in [5.41, 5.74) is 0.0274. The number of nitrogens with one attached hydrogen (secondary N) is 1. The van der Waals surface area contributed by atoms with E-state index in [2.05, 4.69) is 10.3 Å². The standard InChI is InChI=1S/C23H19F3N4O2S/c24-23(25,26)18-10-11-28-22(12-18)29-20-15-30(14-19(20)16-6-2-1-3-7-16)33(31,32)21-9-5-4-8-17(21)13-27/h1-12,19-20H,14-15H2,(H,28,29). The first-order chi connectivity index (χ1) is 15.7. The zero-order valence-electron chi connectivity index (χ0n) is 17.2. The molecule has 1 aromatic heterocycles. The van der Waals surface area contributed by atoms with Gasteiger partial charge in [0.25, 0.3) is 0 Å². The van der Waals surface area contributed by atoms with E-state index in [1.54, 1.807) is 12.1 Å². The van der Waals surface area contributed by atoms with E-state index in [0.29, 0.717) is 0 Å². The van der Waals surface area contributed by atoms with Gasteiger partial charge in [-0.15, -0.1) is 0 Å². The lowest BCUT2D eigenvalue weighted by Gasteiger charge is -2.21. The summed E-state index contributed by atoms with van der Waals surface area (Å²) in [4.78, 5) is 3.90. The maximum Gasteiger partial charge on any atom is 0.416 e. The summed E-state index contributed by atoms with van der Waals surface area (Å²) in [6.45, 7) is 0.0995. The number of sulfonamides is 1. The monoisotopic (exact) mass is 472 g/mol. The number of pyridine rings is 1. The third kappa shape index (κ3) is 4.69. The Morgan fingerprint density at radius 1 is 1.03 bits per heavy atom. The van der Waals surface area contributed by atoms with Crippen LogP contribution in [-0.4, -0.2) is 36.8 Å². The van der Waals surface area contributed by atoms with Crippen LogP contribution in [0.1, 0.15) is 22.6 Å². The van der Waals surface area contributed by atoms with Gasteiger partial charge in [0.05, 0.1) is 16.0 Å². The molecule has 2 heterocycles. The van der Waals surface area contributed by atoms with Gasteiger partial charge in [-0.2, -0.15) is 22.7 Å². The fraction of sp³-hybridized carbons (Fsp3) is 0.217. The van der Waals surface area contributed by atoms with Crippen molar-refractivity contribution in [2.24, 2.45) is 0 Å². The molecule has 1 saturated heterocycles. The number of anilines is 1. The second kappa shape index (κ2) is 8.84. The van der Waals surface area contributed by atoms with Gasteiger partial charge in [-0.3, -0.25) is 0 Å². The van der Waals surface area contributed by atoms with Crippen LogP contribution in [0, 0.1) is 11.3 Å². The third-order valence-corrected chi connectivity index (χ3v) is 7.45. The highest BCUT2D eigenvalue weighted by Crippen LogP contribution is 2.35. The summed E-state index contributed by atoms with van der Waals surface area (Å²) in [6, 6.07) is 18.2. The first-order valence-corrected chi connectivity index (χ1v) is 11.5. The van der Waals surface area contributed by atoms with Gasteiger partial charge in [-0.25, -0.2) is 13.4 Å². The van der Waals surface area contributed by atoms with E-state index in [0.717, 1.165) is 23.9 Å². The van der Waals surface area contributed by atoms with Gasteiger partial charge >= 0.3 is 6.18 Å². The summed E-state index contributed by atoms with van der Waals surface area (Å²) in [5, 5.41) is 12.3. The lowest BCUT2D eigenvalue weighted by Crippen LogP contribution is -2.32. The van der Waals surface area contributed by atoms with Gasteiger partial charge in [-0.05, 0) is 29.8 Å². The molecule has 4 rings (SSSR count). The van der Waals surface area contributed by atoms with Crippen LogP contribution in [0.5, 0.6) is 0 Å². The molecular formula is C23H19F3N4O2S. The summed E-state index contributed by atoms with van der Waals surface area (Å²) < 4.78 is 67.4. The van der Waals surface area contributed by atoms with Crippen molar-refractivity contribution in [2.45, 2.75) is 23.0 Å². The molecule has 0 radical (unpaired) electrons. The number of benzene rings is 2. The average molecular weight is 472 g/mol. The lowest BCUT2D eigenvalue weighted by molar-refractivity contribution is -0.137. The van der Waals surface area contributed by atoms with Gasteiger partial charge < -0.3 is 5.32 Å². The predicted molar refractivity (Wildman–Crippen MR) is 116 cm³/mol. The van der Waals surface area contributed by atoms with Crippen molar-refractivity contribution in [1.82, 2.24) is 9.29 Å². The molecule has 3 aromatic rings. The second-order valence-corrected chi connectivity index (χ2v) is 9.53. The Morgan fingerprint density at radius 2 is 1.73 bits per heavy atom. The average Bonchev–Trinajstić information content (AvgIpc) is 3.24. The van der Waals surface area contributed by atoms with Crippen LogP contribution in [0.25, 0.3) is 0 Å². The molecule has 0 amide bonds. The van der Waals surface area contributed by atoms with Gasteiger partial charge in [0.1, 0.15) is 11.9 Å². The van der Waals surface area contributed by atoms with Crippen LogP contribution < -0.4 is 5.32 Å². The molecule has 6 nitrogen and oxygen atoms in total. The first kappa shape index (κ1) is 22.8. The van der Waals surface area contributed by atoms with Gasteiger partial charge in [0, 0.05) is 31.2 Å². The molecule has 2 unspecified atom stereocenters. The highest BCUT2D eigenvalue weighted by molar-refractivity contribution is 7.89. The van der Waals surface area contributed by atoms with E-state index >= 15 is 0 Å². The molecule has 0 saturated carbocycles. The fourth-order valence-electron chi connectivity index (χ4n) is 3.95. The Hall–Kier alpha value is -3.42. The minimum absolute atomic E-state index is 0.000414. The number of nitrogens with zero attached hydrogens (tertiary/aromatic N) is 3. The number of halogens is 3. The quantitative estimate of drug-likeness (QED) is 0.600. The van der Waals surface area contributed by atoms with Crippen molar-refractivity contribution in [3.63, 3.8) is 0 Å². The highest BCUT2D eigenvalue weighted by atomic mass is 32.2. The molecule has 0 spiro atoms. The molecule has 0 aliphatic carbocycles. The lowest BCUT2D eigenvalue weighted by atomic mass is 9.94. The molecule has 1 N–H and O–H groups in total. The minimum atomic E-state index is -4.52. The Bertz CT molecular complexity index is 1290. The van der Waals surface area contributed by atoms with Gasteiger partial charge in [0.15, 0.2) is 0 Å². The van der Waals surface area contributed by atoms with E-state index in [-0.39, 0.29) is 35.3 Å². The topological polar surface area (TPSA) is 86.1 Å². The SMILES string of the molecule is N#Cc1ccccc1S(=O)(=O)N1CC(Nc2cc(C(F)(F)F)ccn2)C(c2ccccc2)C1. The minimum Gasteiger partial charge on any atom is -0.365 e. The number of aromatic nitrogens is 1. The molecular weight excluding hydrogens is 453 g/mol. The van der Waals surface area contributed by atoms with Crippen LogP contribution in [0.15, 0.2) is 77.8 Å². The maximum atomic E-state index is 13.4. The summed E-state index contributed by atoms with van der Waals surface area (Å²) >= 11 is 0. The third-order valence-electron chi connectivity index (χ3n) is 5.56. The van der Waals surface area contributed by atoms with E-state index in [1.165, 1.54) is 16.4 Å². The van der Waals surface area contributed by atoms with Crippen LogP contribution >= 0.6 is 0 Å². The molecule has 1 fully saturated rings. The van der Waals surface area contributed by atoms with Gasteiger partial charge in [-0.1, -0.05) is 42.5 Å². The van der Waals surface area contributed by atoms with Crippen molar-refractivity contribution in [1.29, 1.82) is 5.26 Å². The van der Waals surface area contributed by atoms with Crippen molar-refractivity contribution in [2.75, 3.05) is 18.4 Å². The van der Waals surface area contributed by atoms with E-state index < -0.39 is 27.8 Å². The predicted octanol–water partition coefficient (Wildman–Crippen LogP) is 4.24. The van der Waals surface area contributed by atoms with E-state index in [9.17, 15) is 26.9 Å². The maximum absolute atomic E-state index is 13.4. The van der Waals surface area contributed by atoms with Crippen LogP contribution in [-0.2, 0) is 16.2 Å². The van der Waals surface area contributed by atoms with Crippen molar-refractivity contribution in [3.8, 4) is 6.07 Å². The number of nitriles is 1. The molecule has 0 bridgehead atoms. The number of rotatable bonds is 5. The molecule has 2 atom stereocenters. The van der Waals surface area contributed by atoms with Crippen molar-refractivity contribution in [3.05, 3.63) is 89.6 Å². The van der Waals surface area contributed by atoms with Crippen LogP contribution in [0.3, 0.4) is 0 Å². The molecule has 2 aromatic carbocycles. The fourth-order valence-corrected chi connectivity index (χ4v) is 5.58. The second-order valence-electron chi connectivity index (χ2n) is 7.63. The summed E-state index contributed by atoms with van der Waals surface area (Å²) in [7, 11) is -4.01. The Kier molecular flexibility index (Phi) is 6.10. The molecule has 1 aliphatic heterocycles. The van der Waals surface area contributed by atoms with E-state index in [4.69, 9.17) is 0 Å². The molecule has 10 heteroatoms. The summed E-state index contributed by atoms with van der Waals surface area (Å²) in [5.74, 6) is -0.334. The molecule has 170 valence electrons. The number of hydrogen-bond donors (Lipinski definition) is 1. The number of hydrogen-bond acceptors (Lipinski definition) is 5. The largest absolute Gasteiger partial charge is 0.416 e. The first-order valence-electron chi connectivity index (χ1n) is 10.0. The summed E-state index contributed by atoms with van der Waals surface area (Å²) in [6.07, 6.45) is -3.46. The zero-order chi connectivity index (χ0) is 23.6. The normalized spacial score (nSPS) is 19.2. The van der Waals surface area contributed by atoms with Crippen molar-refractivity contribution >= 4 is 15.8 Å². The Morgan fingerprint density at radius 3 is 2.42 bits per heavy atom. The number of alkyl halides is 3. The van der Waals surface area contributed by atoms with Crippen LogP contribution in [0.4, 0.5) is 19.0 Å². The molecule has 33 heavy (non-hydrogen) atoms. The van der Waals surface area contributed by atoms with Crippen LogP contribution in [0.2, 0.25) is 0 Å². The van der Waals surface area contributed by atoms with Crippen molar-refractivity contribution < 1.29 is 21.6 Å². The Labute approximate surface area is 189 Å². The Balaban J connectivity index is 1.68. The zero-order valence-corrected chi connectivity index (χ0v) is 18.0. The highest BCUT2D eigenvalue weighted by Gasteiger charge is 2.41.